The molecule has 8 heteroatoms. The highest BCUT2D eigenvalue weighted by Gasteiger charge is 2.12. The van der Waals surface area contributed by atoms with E-state index in [4.69, 9.17) is 17.0 Å². The number of nitrogens with zero attached hydrogens (tertiary/aromatic N) is 3. The number of hydrogen-bond donors (Lipinski definition) is 1. The smallest absolute Gasteiger partial charge is 0.269 e. The summed E-state index contributed by atoms with van der Waals surface area (Å²) in [7, 11) is 1.60. The van der Waals surface area contributed by atoms with Crippen molar-refractivity contribution >= 4 is 17.9 Å². The summed E-state index contributed by atoms with van der Waals surface area (Å²) in [5.74, 6) is 1.32. The number of benzene rings is 2. The molecule has 0 radical (unpaired) electrons. The number of rotatable bonds is 4. The number of nitrogens with one attached hydrogen (secondary N) is 1. The molecule has 0 bridgehead atoms. The van der Waals surface area contributed by atoms with Gasteiger partial charge < -0.3 is 4.74 Å². The lowest BCUT2D eigenvalue weighted by molar-refractivity contribution is -0.384. The second-order valence-electron chi connectivity index (χ2n) is 4.69. The van der Waals surface area contributed by atoms with Gasteiger partial charge in [-0.25, -0.2) is 0 Å². The van der Waals surface area contributed by atoms with Gasteiger partial charge in [0.25, 0.3) is 5.69 Å². The largest absolute Gasteiger partial charge is 0.497 e. The first kappa shape index (κ1) is 14.9. The highest BCUT2D eigenvalue weighted by Crippen LogP contribution is 2.24. The van der Waals surface area contributed by atoms with Gasteiger partial charge in [0.05, 0.1) is 17.7 Å². The van der Waals surface area contributed by atoms with Crippen molar-refractivity contribution in [2.24, 2.45) is 0 Å². The summed E-state index contributed by atoms with van der Waals surface area (Å²) in [5.41, 5.74) is 1.57. The van der Waals surface area contributed by atoms with Gasteiger partial charge in [-0.3, -0.25) is 19.8 Å². The Bertz CT molecular complexity index is 898. The minimum Gasteiger partial charge on any atom is -0.497 e. The van der Waals surface area contributed by atoms with Gasteiger partial charge in [-0.2, -0.15) is 5.10 Å². The van der Waals surface area contributed by atoms with Crippen LogP contribution in [-0.4, -0.2) is 26.8 Å². The fourth-order valence-electron chi connectivity index (χ4n) is 2.19. The Labute approximate surface area is 136 Å². The summed E-state index contributed by atoms with van der Waals surface area (Å²) in [6, 6.07) is 13.5. The van der Waals surface area contributed by atoms with Gasteiger partial charge >= 0.3 is 0 Å². The third kappa shape index (κ3) is 2.84. The lowest BCUT2D eigenvalue weighted by Gasteiger charge is -2.08. The number of aromatic nitrogens is 3. The Morgan fingerprint density at radius 1 is 1.17 bits per heavy atom. The van der Waals surface area contributed by atoms with E-state index in [1.54, 1.807) is 23.8 Å². The number of non-ortho nitro benzene ring substituents is 1. The lowest BCUT2D eigenvalue weighted by atomic mass is 10.2. The zero-order valence-electron chi connectivity index (χ0n) is 12.1. The van der Waals surface area contributed by atoms with Crippen LogP contribution in [0.4, 0.5) is 5.69 Å². The minimum absolute atomic E-state index is 0.0267. The molecule has 1 heterocycles. The van der Waals surface area contributed by atoms with Crippen molar-refractivity contribution in [3.63, 3.8) is 0 Å². The van der Waals surface area contributed by atoms with Crippen molar-refractivity contribution in [3.8, 4) is 22.8 Å². The van der Waals surface area contributed by atoms with Gasteiger partial charge in [0, 0.05) is 17.7 Å². The van der Waals surface area contributed by atoms with Crippen molar-refractivity contribution in [1.82, 2.24) is 14.8 Å². The van der Waals surface area contributed by atoms with Crippen LogP contribution in [0.5, 0.6) is 5.75 Å². The van der Waals surface area contributed by atoms with Crippen LogP contribution in [0.25, 0.3) is 17.1 Å². The van der Waals surface area contributed by atoms with Crippen molar-refractivity contribution < 1.29 is 9.66 Å². The fraction of sp³-hybridized carbons (Fsp3) is 0.0667. The average Bonchev–Trinajstić information content (AvgIpc) is 2.96. The second-order valence-corrected chi connectivity index (χ2v) is 5.08. The topological polar surface area (TPSA) is 86.0 Å². The lowest BCUT2D eigenvalue weighted by Crippen LogP contribution is -1.98. The molecule has 0 aliphatic heterocycles. The summed E-state index contributed by atoms with van der Waals surface area (Å²) < 4.78 is 7.34. The number of H-pyrrole nitrogens is 1. The van der Waals surface area contributed by atoms with E-state index in [9.17, 15) is 10.1 Å². The first-order chi connectivity index (χ1) is 11.1. The highest BCUT2D eigenvalue weighted by molar-refractivity contribution is 7.71. The number of nitro benzene ring substituents is 1. The van der Waals surface area contributed by atoms with Gasteiger partial charge in [0.2, 0.25) is 0 Å². The molecule has 0 unspecified atom stereocenters. The van der Waals surface area contributed by atoms with Gasteiger partial charge in [-0.05, 0) is 48.6 Å². The zero-order valence-corrected chi connectivity index (χ0v) is 12.9. The van der Waals surface area contributed by atoms with Crippen molar-refractivity contribution in [2.45, 2.75) is 0 Å². The molecule has 0 atom stereocenters. The molecule has 2 aromatic carbocycles. The Kier molecular flexibility index (Phi) is 3.90. The Balaban J connectivity index is 2.07. The molecular formula is C15H12N4O3S. The van der Waals surface area contributed by atoms with E-state index >= 15 is 0 Å². The van der Waals surface area contributed by atoms with Gasteiger partial charge in [0.1, 0.15) is 5.75 Å². The Morgan fingerprint density at radius 2 is 1.83 bits per heavy atom. The highest BCUT2D eigenvalue weighted by atomic mass is 32.1. The predicted molar refractivity (Wildman–Crippen MR) is 87.4 cm³/mol. The van der Waals surface area contributed by atoms with Crippen molar-refractivity contribution in [2.75, 3.05) is 7.11 Å². The number of aromatic amines is 1. The van der Waals surface area contributed by atoms with E-state index in [-0.39, 0.29) is 5.69 Å². The van der Waals surface area contributed by atoms with Crippen LogP contribution in [0.15, 0.2) is 48.5 Å². The summed E-state index contributed by atoms with van der Waals surface area (Å²) >= 11 is 5.29. The van der Waals surface area contributed by atoms with Crippen LogP contribution in [0.2, 0.25) is 0 Å². The number of hydrogen-bond acceptors (Lipinski definition) is 5. The first-order valence-electron chi connectivity index (χ1n) is 6.67. The summed E-state index contributed by atoms with van der Waals surface area (Å²) in [6.07, 6.45) is 0. The van der Waals surface area contributed by atoms with Gasteiger partial charge in [0.15, 0.2) is 10.6 Å². The van der Waals surface area contributed by atoms with E-state index < -0.39 is 4.92 Å². The molecular weight excluding hydrogens is 316 g/mol. The molecule has 0 amide bonds. The van der Waals surface area contributed by atoms with E-state index in [0.717, 1.165) is 17.0 Å². The predicted octanol–water partition coefficient (Wildman–Crippen LogP) is 3.51. The molecule has 1 aromatic heterocycles. The van der Waals surface area contributed by atoms with E-state index in [1.807, 2.05) is 24.3 Å². The molecule has 0 fully saturated rings. The molecule has 116 valence electrons. The maximum atomic E-state index is 10.8. The molecule has 3 aromatic rings. The average molecular weight is 328 g/mol. The molecule has 0 aliphatic carbocycles. The van der Waals surface area contributed by atoms with Crippen molar-refractivity contribution in [3.05, 3.63) is 63.4 Å². The monoisotopic (exact) mass is 328 g/mol. The molecule has 3 rings (SSSR count). The Morgan fingerprint density at radius 3 is 2.39 bits per heavy atom. The van der Waals surface area contributed by atoms with Crippen molar-refractivity contribution in [1.29, 1.82) is 0 Å². The van der Waals surface area contributed by atoms with Crippen LogP contribution in [0.3, 0.4) is 0 Å². The van der Waals surface area contributed by atoms with Gasteiger partial charge in [-0.15, -0.1) is 0 Å². The van der Waals surface area contributed by atoms with Crippen LogP contribution < -0.4 is 4.74 Å². The van der Waals surface area contributed by atoms with E-state index in [0.29, 0.717) is 10.6 Å². The van der Waals surface area contributed by atoms with Crippen LogP contribution in [0.1, 0.15) is 0 Å². The Hall–Kier alpha value is -3.00. The maximum absolute atomic E-state index is 10.8. The maximum Gasteiger partial charge on any atom is 0.269 e. The number of ether oxygens (including phenoxy) is 1. The van der Waals surface area contributed by atoms with E-state index in [1.165, 1.54) is 12.1 Å². The summed E-state index contributed by atoms with van der Waals surface area (Å²) in [6.45, 7) is 0. The van der Waals surface area contributed by atoms with E-state index in [2.05, 4.69) is 10.2 Å². The first-order valence-corrected chi connectivity index (χ1v) is 7.07. The van der Waals surface area contributed by atoms with Gasteiger partial charge in [-0.1, -0.05) is 0 Å². The van der Waals surface area contributed by atoms with Crippen LogP contribution >= 0.6 is 12.2 Å². The van der Waals surface area contributed by atoms with Crippen LogP contribution in [-0.2, 0) is 0 Å². The molecule has 0 spiro atoms. The molecule has 0 aliphatic rings. The quantitative estimate of drug-likeness (QED) is 0.450. The summed E-state index contributed by atoms with van der Waals surface area (Å²) in [5, 5.41) is 17.7. The third-order valence-corrected chi connectivity index (χ3v) is 3.61. The number of nitro groups is 1. The minimum atomic E-state index is -0.440. The zero-order chi connectivity index (χ0) is 16.4. The normalized spacial score (nSPS) is 10.5. The standard InChI is InChI=1S/C15H12N4O3S/c1-22-13-8-6-11(7-9-13)18-14(16-17-15(18)23)10-2-4-12(5-3-10)19(20)21/h2-9H,1H3,(H,17,23). The molecule has 1 N–H and O–H groups in total. The molecule has 7 nitrogen and oxygen atoms in total. The fourth-order valence-corrected chi connectivity index (χ4v) is 2.43. The molecule has 23 heavy (non-hydrogen) atoms. The third-order valence-electron chi connectivity index (χ3n) is 3.34. The second kappa shape index (κ2) is 6.01. The van der Waals surface area contributed by atoms with Crippen LogP contribution in [0, 0.1) is 14.9 Å². The molecule has 0 saturated carbocycles. The SMILES string of the molecule is COc1ccc(-n2c(-c3ccc([N+](=O)[O-])cc3)n[nH]c2=S)cc1. The summed E-state index contributed by atoms with van der Waals surface area (Å²) in [4.78, 5) is 10.3. The number of methoxy groups -OCH3 is 1. The molecule has 0 saturated heterocycles.